The summed E-state index contributed by atoms with van der Waals surface area (Å²) in [7, 11) is 0. The number of hydrogen-bond donors (Lipinski definition) is 2. The van der Waals surface area contributed by atoms with Gasteiger partial charge in [-0.1, -0.05) is 30.3 Å². The summed E-state index contributed by atoms with van der Waals surface area (Å²) in [6, 6.07) is 9.69. The number of nitrogens with one attached hydrogen (secondary N) is 1. The van der Waals surface area contributed by atoms with Crippen LogP contribution in [-0.4, -0.2) is 21.6 Å². The van der Waals surface area contributed by atoms with Crippen LogP contribution in [-0.2, 0) is 5.60 Å². The van der Waals surface area contributed by atoms with Gasteiger partial charge in [0.15, 0.2) is 0 Å². The molecule has 1 aromatic carbocycles. The van der Waals surface area contributed by atoms with E-state index >= 15 is 0 Å². The summed E-state index contributed by atoms with van der Waals surface area (Å²) < 4.78 is 0. The average Bonchev–Trinajstić information content (AvgIpc) is 2.44. The predicted octanol–water partition coefficient (Wildman–Crippen LogP) is 2.80. The summed E-state index contributed by atoms with van der Waals surface area (Å²) in [5.41, 5.74) is 2.11. The summed E-state index contributed by atoms with van der Waals surface area (Å²) in [5, 5.41) is 13.6. The number of rotatable bonds is 5. The van der Waals surface area contributed by atoms with Crippen LogP contribution < -0.4 is 5.32 Å². The fourth-order valence-corrected chi connectivity index (χ4v) is 1.97. The second-order valence-corrected chi connectivity index (χ2v) is 5.28. The lowest BCUT2D eigenvalue weighted by atomic mass is 9.93. The van der Waals surface area contributed by atoms with Crippen molar-refractivity contribution in [2.45, 2.75) is 32.8 Å². The molecule has 0 saturated carbocycles. The number of hydrogen-bond acceptors (Lipinski definition) is 4. The molecule has 0 saturated heterocycles. The highest BCUT2D eigenvalue weighted by Crippen LogP contribution is 2.23. The quantitative estimate of drug-likeness (QED) is 0.878. The largest absolute Gasteiger partial charge is 0.385 e. The zero-order valence-electron chi connectivity index (χ0n) is 12.2. The van der Waals surface area contributed by atoms with E-state index in [2.05, 4.69) is 15.3 Å². The van der Waals surface area contributed by atoms with Crippen molar-refractivity contribution in [3.63, 3.8) is 0 Å². The molecule has 1 aromatic heterocycles. The van der Waals surface area contributed by atoms with Crippen molar-refractivity contribution in [2.75, 3.05) is 11.9 Å². The fraction of sp³-hybridized carbons (Fsp3) is 0.375. The lowest BCUT2D eigenvalue weighted by Gasteiger charge is -2.24. The van der Waals surface area contributed by atoms with Crippen molar-refractivity contribution in [1.82, 2.24) is 9.97 Å². The molecular weight excluding hydrogens is 250 g/mol. The number of benzene rings is 1. The third-order valence-electron chi connectivity index (χ3n) is 3.52. The molecule has 4 nitrogen and oxygen atoms in total. The summed E-state index contributed by atoms with van der Waals surface area (Å²) in [6.45, 7) is 6.39. The normalized spacial score (nSPS) is 13.8. The zero-order chi connectivity index (χ0) is 14.6. The molecule has 0 fully saturated rings. The summed E-state index contributed by atoms with van der Waals surface area (Å²) in [5.74, 6) is 0.608. The minimum Gasteiger partial charge on any atom is -0.385 e. The molecule has 4 heteroatoms. The van der Waals surface area contributed by atoms with Gasteiger partial charge in [0, 0.05) is 18.4 Å². The second kappa shape index (κ2) is 6.01. The fourth-order valence-electron chi connectivity index (χ4n) is 1.97. The number of aryl methyl sites for hydroxylation is 2. The van der Waals surface area contributed by atoms with Crippen LogP contribution in [0.1, 0.15) is 30.2 Å². The van der Waals surface area contributed by atoms with E-state index in [9.17, 15) is 5.11 Å². The minimum absolute atomic E-state index is 0.591. The average molecular weight is 271 g/mol. The Morgan fingerprint density at radius 2 is 1.90 bits per heavy atom. The molecule has 0 aliphatic rings. The maximum absolute atomic E-state index is 10.5. The first kappa shape index (κ1) is 14.5. The number of nitrogens with zero attached hydrogens (tertiary/aromatic N) is 2. The van der Waals surface area contributed by atoms with Crippen LogP contribution in [0, 0.1) is 13.8 Å². The van der Waals surface area contributed by atoms with Gasteiger partial charge in [-0.05, 0) is 38.3 Å². The van der Waals surface area contributed by atoms with Crippen molar-refractivity contribution in [3.8, 4) is 0 Å². The lowest BCUT2D eigenvalue weighted by molar-refractivity contribution is 0.0515. The molecule has 0 aliphatic heterocycles. The number of aliphatic hydroxyl groups is 1. The first-order valence-corrected chi connectivity index (χ1v) is 6.81. The molecule has 1 atom stereocenters. The van der Waals surface area contributed by atoms with Crippen molar-refractivity contribution in [2.24, 2.45) is 0 Å². The third-order valence-corrected chi connectivity index (χ3v) is 3.52. The number of aromatic nitrogens is 2. The highest BCUT2D eigenvalue weighted by Gasteiger charge is 2.22. The molecule has 2 N–H and O–H groups in total. The van der Waals surface area contributed by atoms with Crippen LogP contribution in [0.2, 0.25) is 0 Å². The molecule has 20 heavy (non-hydrogen) atoms. The lowest BCUT2D eigenvalue weighted by Crippen LogP contribution is -2.25. The first-order valence-electron chi connectivity index (χ1n) is 6.81. The third kappa shape index (κ3) is 3.54. The van der Waals surface area contributed by atoms with Crippen molar-refractivity contribution in [3.05, 3.63) is 53.3 Å². The van der Waals surface area contributed by atoms with E-state index < -0.39 is 5.60 Å². The summed E-state index contributed by atoms with van der Waals surface area (Å²) in [4.78, 5) is 8.59. The van der Waals surface area contributed by atoms with Crippen LogP contribution in [0.3, 0.4) is 0 Å². The smallest absolute Gasteiger partial charge is 0.222 e. The van der Waals surface area contributed by atoms with Gasteiger partial charge in [-0.3, -0.25) is 0 Å². The van der Waals surface area contributed by atoms with Crippen molar-refractivity contribution >= 4 is 5.95 Å². The van der Waals surface area contributed by atoms with Gasteiger partial charge >= 0.3 is 0 Å². The Hall–Kier alpha value is -1.94. The Balaban J connectivity index is 1.93. The van der Waals surface area contributed by atoms with Crippen LogP contribution in [0.25, 0.3) is 0 Å². The second-order valence-electron chi connectivity index (χ2n) is 5.28. The van der Waals surface area contributed by atoms with Gasteiger partial charge in [-0.15, -0.1) is 0 Å². The van der Waals surface area contributed by atoms with Crippen LogP contribution in [0.4, 0.5) is 5.95 Å². The minimum atomic E-state index is -0.853. The molecule has 0 amide bonds. The Morgan fingerprint density at radius 3 is 2.55 bits per heavy atom. The maximum atomic E-state index is 10.5. The van der Waals surface area contributed by atoms with Crippen LogP contribution in [0.5, 0.6) is 0 Å². The Kier molecular flexibility index (Phi) is 4.35. The van der Waals surface area contributed by atoms with E-state index in [0.29, 0.717) is 18.9 Å². The molecule has 1 unspecified atom stereocenters. The Morgan fingerprint density at radius 1 is 1.20 bits per heavy atom. The topological polar surface area (TPSA) is 58.0 Å². The molecule has 106 valence electrons. The Labute approximate surface area is 119 Å². The SMILES string of the molecule is Cc1cnc(NCCC(C)(O)c2ccccc2)nc1C. The van der Waals surface area contributed by atoms with Gasteiger partial charge in [0.2, 0.25) is 5.95 Å². The Bertz CT molecular complexity index is 567. The van der Waals surface area contributed by atoms with Gasteiger partial charge < -0.3 is 10.4 Å². The van der Waals surface area contributed by atoms with E-state index in [4.69, 9.17) is 0 Å². The van der Waals surface area contributed by atoms with E-state index in [0.717, 1.165) is 16.8 Å². The van der Waals surface area contributed by atoms with E-state index in [1.54, 1.807) is 6.20 Å². The van der Waals surface area contributed by atoms with Crippen molar-refractivity contribution < 1.29 is 5.11 Å². The van der Waals surface area contributed by atoms with E-state index in [-0.39, 0.29) is 0 Å². The van der Waals surface area contributed by atoms with Crippen LogP contribution in [0.15, 0.2) is 36.5 Å². The number of anilines is 1. The molecule has 2 rings (SSSR count). The maximum Gasteiger partial charge on any atom is 0.222 e. The molecular formula is C16H21N3O. The van der Waals surface area contributed by atoms with Crippen molar-refractivity contribution in [1.29, 1.82) is 0 Å². The molecule has 0 bridgehead atoms. The van der Waals surface area contributed by atoms with Gasteiger partial charge in [0.1, 0.15) is 0 Å². The molecule has 1 heterocycles. The van der Waals surface area contributed by atoms with Crippen LogP contribution >= 0.6 is 0 Å². The van der Waals surface area contributed by atoms with Gasteiger partial charge in [0.25, 0.3) is 0 Å². The summed E-state index contributed by atoms with van der Waals surface area (Å²) in [6.07, 6.45) is 2.40. The van der Waals surface area contributed by atoms with E-state index in [1.807, 2.05) is 51.1 Å². The monoisotopic (exact) mass is 271 g/mol. The predicted molar refractivity (Wildman–Crippen MR) is 80.6 cm³/mol. The molecule has 0 radical (unpaired) electrons. The van der Waals surface area contributed by atoms with Gasteiger partial charge in [0.05, 0.1) is 5.60 Å². The van der Waals surface area contributed by atoms with Gasteiger partial charge in [-0.25, -0.2) is 9.97 Å². The standard InChI is InChI=1S/C16H21N3O/c1-12-11-18-15(19-13(12)2)17-10-9-16(3,20)14-7-5-4-6-8-14/h4-8,11,20H,9-10H2,1-3H3,(H,17,18,19). The summed E-state index contributed by atoms with van der Waals surface area (Å²) >= 11 is 0. The molecule has 2 aromatic rings. The molecule has 0 spiro atoms. The first-order chi connectivity index (χ1) is 9.49. The highest BCUT2D eigenvalue weighted by atomic mass is 16.3. The molecule has 0 aliphatic carbocycles. The van der Waals surface area contributed by atoms with E-state index in [1.165, 1.54) is 0 Å². The zero-order valence-corrected chi connectivity index (χ0v) is 12.2. The highest BCUT2D eigenvalue weighted by molar-refractivity contribution is 5.29. The van der Waals surface area contributed by atoms with Gasteiger partial charge in [-0.2, -0.15) is 0 Å².